The van der Waals surface area contributed by atoms with E-state index in [0.29, 0.717) is 6.04 Å². The van der Waals surface area contributed by atoms with E-state index in [4.69, 9.17) is 0 Å². The first-order valence-corrected chi connectivity index (χ1v) is 6.55. The van der Waals surface area contributed by atoms with E-state index in [9.17, 15) is 0 Å². The minimum Gasteiger partial charge on any atom is -0.335 e. The monoisotopic (exact) mass is 238 g/mol. The van der Waals surface area contributed by atoms with E-state index in [2.05, 4.69) is 53.9 Å². The van der Waals surface area contributed by atoms with E-state index in [-0.39, 0.29) is 0 Å². The number of likely N-dealkylation sites (N-methyl/N-ethyl adjacent to an activating group) is 2. The lowest BCUT2D eigenvalue weighted by atomic mass is 10.2. The second-order valence-corrected chi connectivity index (χ2v) is 4.76. The maximum atomic E-state index is 4.47. The fourth-order valence-electron chi connectivity index (χ4n) is 2.13. The quantitative estimate of drug-likeness (QED) is 0.742. The van der Waals surface area contributed by atoms with Crippen molar-refractivity contribution in [3.63, 3.8) is 0 Å². The lowest BCUT2D eigenvalue weighted by Gasteiger charge is -2.22. The molecule has 17 heavy (non-hydrogen) atoms. The molecule has 0 aliphatic heterocycles. The van der Waals surface area contributed by atoms with Crippen molar-refractivity contribution in [3.05, 3.63) is 18.2 Å². The predicted molar refractivity (Wildman–Crippen MR) is 72.2 cm³/mol. The number of aryl methyl sites for hydroxylation is 1. The number of hydrogen-bond donors (Lipinski definition) is 1. The van der Waals surface area contributed by atoms with Gasteiger partial charge in [0, 0.05) is 37.9 Å². The highest BCUT2D eigenvalue weighted by molar-refractivity contribution is 4.96. The summed E-state index contributed by atoms with van der Waals surface area (Å²) in [5.74, 6) is 1.19. The molecule has 0 saturated carbocycles. The van der Waals surface area contributed by atoms with Gasteiger partial charge in [0.1, 0.15) is 5.82 Å². The van der Waals surface area contributed by atoms with Crippen LogP contribution in [0.25, 0.3) is 0 Å². The van der Waals surface area contributed by atoms with Crippen LogP contribution in [0.15, 0.2) is 12.4 Å². The highest BCUT2D eigenvalue weighted by atomic mass is 15.1. The van der Waals surface area contributed by atoms with E-state index < -0.39 is 0 Å². The Bertz CT molecular complexity index is 306. The van der Waals surface area contributed by atoms with E-state index in [1.165, 1.54) is 5.82 Å². The third-order valence-corrected chi connectivity index (χ3v) is 2.77. The Hall–Kier alpha value is -0.870. The van der Waals surface area contributed by atoms with Crippen molar-refractivity contribution >= 4 is 0 Å². The van der Waals surface area contributed by atoms with Gasteiger partial charge in [0.25, 0.3) is 0 Å². The molecule has 1 heterocycles. The molecule has 1 rings (SSSR count). The van der Waals surface area contributed by atoms with Gasteiger partial charge in [0.2, 0.25) is 0 Å². The van der Waals surface area contributed by atoms with Crippen LogP contribution < -0.4 is 5.32 Å². The summed E-state index contributed by atoms with van der Waals surface area (Å²) in [7, 11) is 4.23. The zero-order valence-corrected chi connectivity index (χ0v) is 11.6. The molecule has 0 aromatic carbocycles. The first-order chi connectivity index (χ1) is 8.17. The summed E-state index contributed by atoms with van der Waals surface area (Å²) in [5, 5.41) is 3.53. The van der Waals surface area contributed by atoms with Crippen LogP contribution in [0.5, 0.6) is 0 Å². The molecule has 0 saturated heterocycles. The van der Waals surface area contributed by atoms with E-state index in [1.807, 2.05) is 6.20 Å². The van der Waals surface area contributed by atoms with Crippen LogP contribution in [0, 0.1) is 0 Å². The summed E-state index contributed by atoms with van der Waals surface area (Å²) < 4.78 is 2.26. The molecule has 1 atom stereocenters. The molecule has 0 amide bonds. The van der Waals surface area contributed by atoms with Crippen molar-refractivity contribution in [3.8, 4) is 0 Å². The van der Waals surface area contributed by atoms with Crippen molar-refractivity contribution in [1.82, 2.24) is 19.8 Å². The zero-order chi connectivity index (χ0) is 12.7. The maximum Gasteiger partial charge on any atom is 0.110 e. The van der Waals surface area contributed by atoms with Crippen LogP contribution in [-0.2, 0) is 13.0 Å². The number of hydrogen-bond acceptors (Lipinski definition) is 3. The molecule has 1 aromatic rings. The van der Waals surface area contributed by atoms with Gasteiger partial charge in [-0.3, -0.25) is 0 Å². The van der Waals surface area contributed by atoms with E-state index >= 15 is 0 Å². The molecule has 0 spiro atoms. The Morgan fingerprint density at radius 3 is 2.76 bits per heavy atom. The second-order valence-electron chi connectivity index (χ2n) is 4.76. The average molecular weight is 238 g/mol. The predicted octanol–water partition coefficient (Wildman–Crippen LogP) is 1.38. The first kappa shape index (κ1) is 14.2. The van der Waals surface area contributed by atoms with Gasteiger partial charge in [0.05, 0.1) is 0 Å². The van der Waals surface area contributed by atoms with E-state index in [1.54, 1.807) is 0 Å². The fourth-order valence-corrected chi connectivity index (χ4v) is 2.13. The average Bonchev–Trinajstić information content (AvgIpc) is 2.66. The van der Waals surface area contributed by atoms with Gasteiger partial charge >= 0.3 is 0 Å². The standard InChI is InChI=1S/C13H26N4/c1-5-8-17-9-7-15-13(17)10-12(14-6-2)11-16(3)4/h7,9,12,14H,5-6,8,10-11H2,1-4H3. The Morgan fingerprint density at radius 2 is 2.18 bits per heavy atom. The van der Waals surface area contributed by atoms with Gasteiger partial charge < -0.3 is 14.8 Å². The van der Waals surface area contributed by atoms with Crippen molar-refractivity contribution in [1.29, 1.82) is 0 Å². The van der Waals surface area contributed by atoms with Crippen LogP contribution >= 0.6 is 0 Å². The maximum absolute atomic E-state index is 4.47. The summed E-state index contributed by atoms with van der Waals surface area (Å²) in [5.41, 5.74) is 0. The van der Waals surface area contributed by atoms with Crippen molar-refractivity contribution in [2.45, 2.75) is 39.3 Å². The number of nitrogens with zero attached hydrogens (tertiary/aromatic N) is 3. The molecule has 1 unspecified atom stereocenters. The molecule has 1 N–H and O–H groups in total. The molecular formula is C13H26N4. The van der Waals surface area contributed by atoms with Crippen LogP contribution in [0.2, 0.25) is 0 Å². The van der Waals surface area contributed by atoms with E-state index in [0.717, 1.165) is 32.5 Å². The summed E-state index contributed by atoms with van der Waals surface area (Å²) in [6, 6.07) is 0.480. The second kappa shape index (κ2) is 7.45. The lowest BCUT2D eigenvalue weighted by Crippen LogP contribution is -2.40. The summed E-state index contributed by atoms with van der Waals surface area (Å²) >= 11 is 0. The molecule has 0 radical (unpaired) electrons. The van der Waals surface area contributed by atoms with Crippen molar-refractivity contribution in [2.24, 2.45) is 0 Å². The van der Waals surface area contributed by atoms with Crippen molar-refractivity contribution in [2.75, 3.05) is 27.2 Å². The Kier molecular flexibility index (Phi) is 6.22. The molecule has 4 heteroatoms. The van der Waals surface area contributed by atoms with Gasteiger partial charge in [-0.15, -0.1) is 0 Å². The molecule has 0 fully saturated rings. The van der Waals surface area contributed by atoms with Crippen LogP contribution in [0.4, 0.5) is 0 Å². The third kappa shape index (κ3) is 4.88. The topological polar surface area (TPSA) is 33.1 Å². The molecule has 0 bridgehead atoms. The fraction of sp³-hybridized carbons (Fsp3) is 0.769. The highest BCUT2D eigenvalue weighted by Crippen LogP contribution is 2.04. The Morgan fingerprint density at radius 1 is 1.41 bits per heavy atom. The first-order valence-electron chi connectivity index (χ1n) is 6.55. The molecule has 1 aromatic heterocycles. The molecule has 0 aliphatic carbocycles. The Labute approximate surface area is 105 Å². The molecular weight excluding hydrogens is 212 g/mol. The van der Waals surface area contributed by atoms with Gasteiger partial charge in [-0.1, -0.05) is 13.8 Å². The minimum absolute atomic E-state index is 0.480. The SMILES string of the molecule is CCCn1ccnc1CC(CN(C)C)NCC. The number of aromatic nitrogens is 2. The number of imidazole rings is 1. The molecule has 0 aliphatic rings. The lowest BCUT2D eigenvalue weighted by molar-refractivity contribution is 0.334. The summed E-state index contributed by atoms with van der Waals surface area (Å²) in [4.78, 5) is 6.69. The highest BCUT2D eigenvalue weighted by Gasteiger charge is 2.12. The third-order valence-electron chi connectivity index (χ3n) is 2.77. The number of rotatable bonds is 8. The molecule has 4 nitrogen and oxygen atoms in total. The van der Waals surface area contributed by atoms with Gasteiger partial charge in [-0.25, -0.2) is 4.98 Å². The van der Waals surface area contributed by atoms with Gasteiger partial charge in [-0.05, 0) is 27.1 Å². The normalized spacial score (nSPS) is 13.2. The zero-order valence-electron chi connectivity index (χ0n) is 11.6. The van der Waals surface area contributed by atoms with Crippen molar-refractivity contribution < 1.29 is 0 Å². The summed E-state index contributed by atoms with van der Waals surface area (Å²) in [6.07, 6.45) is 6.14. The van der Waals surface area contributed by atoms with Gasteiger partial charge in [-0.2, -0.15) is 0 Å². The Balaban J connectivity index is 2.60. The van der Waals surface area contributed by atoms with Crippen LogP contribution in [0.3, 0.4) is 0 Å². The van der Waals surface area contributed by atoms with Crippen LogP contribution in [-0.4, -0.2) is 47.7 Å². The molecule has 98 valence electrons. The smallest absolute Gasteiger partial charge is 0.110 e. The van der Waals surface area contributed by atoms with Crippen LogP contribution in [0.1, 0.15) is 26.1 Å². The number of nitrogens with one attached hydrogen (secondary N) is 1. The summed E-state index contributed by atoms with van der Waals surface area (Å²) in [6.45, 7) is 7.47. The minimum atomic E-state index is 0.480. The van der Waals surface area contributed by atoms with Gasteiger partial charge in [0.15, 0.2) is 0 Å². The largest absolute Gasteiger partial charge is 0.335 e.